The zero-order valence-electron chi connectivity index (χ0n) is 33.7. The Morgan fingerprint density at radius 3 is 1.85 bits per heavy atom. The van der Waals surface area contributed by atoms with Crippen molar-refractivity contribution in [3.63, 3.8) is 0 Å². The van der Waals surface area contributed by atoms with Gasteiger partial charge in [-0.3, -0.25) is 0 Å². The van der Waals surface area contributed by atoms with E-state index in [1.165, 1.54) is 38.6 Å². The van der Waals surface area contributed by atoms with Crippen LogP contribution < -0.4 is 0 Å². The van der Waals surface area contributed by atoms with E-state index in [0.717, 1.165) is 61.8 Å². The first-order valence-corrected chi connectivity index (χ1v) is 21.1. The number of rotatable bonds is 7. The van der Waals surface area contributed by atoms with E-state index in [4.69, 9.17) is 19.4 Å². The quantitative estimate of drug-likeness (QED) is 0.161. The maximum absolute atomic E-state index is 6.76. The summed E-state index contributed by atoms with van der Waals surface area (Å²) in [5.74, 6) is 2.12. The number of furan rings is 1. The molecule has 1 unspecified atom stereocenters. The molecule has 8 aromatic carbocycles. The van der Waals surface area contributed by atoms with Gasteiger partial charge in [-0.2, -0.15) is 0 Å². The van der Waals surface area contributed by atoms with Gasteiger partial charge in [-0.15, -0.1) is 0 Å². The molecule has 0 N–H and O–H groups in total. The van der Waals surface area contributed by atoms with Gasteiger partial charge in [0.05, 0.1) is 11.0 Å². The lowest BCUT2D eigenvalue weighted by atomic mass is 9.89. The first kappa shape index (κ1) is 35.8. The van der Waals surface area contributed by atoms with Gasteiger partial charge in [0.2, 0.25) is 0 Å². The molecule has 3 aromatic heterocycles. The van der Waals surface area contributed by atoms with Crippen LogP contribution in [0.25, 0.3) is 100 Å². The van der Waals surface area contributed by atoms with E-state index in [-0.39, 0.29) is 5.92 Å². The highest BCUT2D eigenvalue weighted by Gasteiger charge is 2.22. The Kier molecular flexibility index (Phi) is 8.56. The standard InChI is InChI=1S/C57H38N4O/c1-5-15-37(16-6-1)41-23-13-24-44(33-41)56-58-55(40-21-11-4-12-22-40)59-57(60-56)48-25-14-26-52-54(48)47-31-29-45(36-53(47)62-52)61-50-32-28-42(38-17-7-2-8-18-38)34-49(50)46-30-27-43(35-51(46)61)39-19-9-3-10-20-39/h1-22,24-36,41H,23H2. The van der Waals surface area contributed by atoms with Crippen molar-refractivity contribution in [1.82, 2.24) is 19.5 Å². The van der Waals surface area contributed by atoms with Gasteiger partial charge in [-0.1, -0.05) is 170 Å². The average Bonchev–Trinajstić information content (AvgIpc) is 3.89. The van der Waals surface area contributed by atoms with E-state index < -0.39 is 0 Å². The number of allylic oxidation sites excluding steroid dienone is 4. The molecule has 0 saturated carbocycles. The highest BCUT2D eigenvalue weighted by Crippen LogP contribution is 2.41. The summed E-state index contributed by atoms with van der Waals surface area (Å²) in [7, 11) is 0. The minimum absolute atomic E-state index is 0.234. The maximum atomic E-state index is 6.76. The minimum atomic E-state index is 0.234. The number of hydrogen-bond donors (Lipinski definition) is 0. The summed E-state index contributed by atoms with van der Waals surface area (Å²) >= 11 is 0. The van der Waals surface area contributed by atoms with Crippen LogP contribution in [0.3, 0.4) is 0 Å². The van der Waals surface area contributed by atoms with Crippen LogP contribution in [0.1, 0.15) is 23.7 Å². The number of fused-ring (bicyclic) bond motifs is 6. The van der Waals surface area contributed by atoms with Crippen LogP contribution in [-0.2, 0) is 0 Å². The van der Waals surface area contributed by atoms with Crippen LogP contribution in [0.4, 0.5) is 0 Å². The molecular formula is C57H38N4O. The molecule has 12 rings (SSSR count). The minimum Gasteiger partial charge on any atom is -0.456 e. The SMILES string of the molecule is C1=CC(c2nc(-c3ccccc3)nc(-c3cccc4oc5cc(-n6c7ccc(-c8ccccc8)cc7c7ccc(-c8ccccc8)cc76)ccc5c34)n2)=CC(c2ccccc2)C1. The van der Waals surface area contributed by atoms with Crippen molar-refractivity contribution in [1.29, 1.82) is 0 Å². The zero-order valence-corrected chi connectivity index (χ0v) is 33.7. The number of hydrogen-bond acceptors (Lipinski definition) is 4. The van der Waals surface area contributed by atoms with Crippen molar-refractivity contribution in [2.45, 2.75) is 12.3 Å². The molecule has 11 aromatic rings. The second-order valence-corrected chi connectivity index (χ2v) is 15.9. The normalized spacial score (nSPS) is 13.9. The van der Waals surface area contributed by atoms with Crippen LogP contribution in [0, 0.1) is 0 Å². The fourth-order valence-corrected chi connectivity index (χ4v) is 9.16. The summed E-state index contributed by atoms with van der Waals surface area (Å²) in [5, 5.41) is 4.37. The van der Waals surface area contributed by atoms with Crippen molar-refractivity contribution >= 4 is 49.3 Å². The topological polar surface area (TPSA) is 56.7 Å². The van der Waals surface area contributed by atoms with Crippen molar-refractivity contribution in [2.75, 3.05) is 0 Å². The van der Waals surface area contributed by atoms with Crippen LogP contribution in [-0.4, -0.2) is 19.5 Å². The maximum Gasteiger partial charge on any atom is 0.164 e. The molecule has 0 aliphatic heterocycles. The molecule has 5 heteroatoms. The highest BCUT2D eigenvalue weighted by molar-refractivity contribution is 6.14. The van der Waals surface area contributed by atoms with E-state index in [9.17, 15) is 0 Å². The predicted molar refractivity (Wildman–Crippen MR) is 254 cm³/mol. The molecule has 0 amide bonds. The van der Waals surface area contributed by atoms with E-state index >= 15 is 0 Å². The Hall–Kier alpha value is -8.15. The number of nitrogens with zero attached hydrogens (tertiary/aromatic N) is 4. The number of benzene rings is 8. The number of aromatic nitrogens is 4. The predicted octanol–water partition coefficient (Wildman–Crippen LogP) is 14.7. The van der Waals surface area contributed by atoms with Gasteiger partial charge >= 0.3 is 0 Å². The van der Waals surface area contributed by atoms with Crippen molar-refractivity contribution in [2.24, 2.45) is 0 Å². The lowest BCUT2D eigenvalue weighted by Gasteiger charge is -2.17. The molecule has 292 valence electrons. The largest absolute Gasteiger partial charge is 0.456 e. The molecule has 0 fully saturated rings. The van der Waals surface area contributed by atoms with Gasteiger partial charge in [0.15, 0.2) is 17.5 Å². The lowest BCUT2D eigenvalue weighted by Crippen LogP contribution is -2.05. The molecule has 3 heterocycles. The molecule has 1 atom stereocenters. The molecule has 0 spiro atoms. The third-order valence-electron chi connectivity index (χ3n) is 12.2. The molecule has 0 saturated heterocycles. The van der Waals surface area contributed by atoms with E-state index in [1.54, 1.807) is 0 Å². The Morgan fingerprint density at radius 1 is 0.452 bits per heavy atom. The highest BCUT2D eigenvalue weighted by atomic mass is 16.3. The lowest BCUT2D eigenvalue weighted by molar-refractivity contribution is 0.668. The molecule has 0 radical (unpaired) electrons. The smallest absolute Gasteiger partial charge is 0.164 e. The van der Waals surface area contributed by atoms with Crippen molar-refractivity contribution in [3.8, 4) is 50.7 Å². The zero-order chi connectivity index (χ0) is 41.0. The van der Waals surface area contributed by atoms with Gasteiger partial charge in [0, 0.05) is 55.9 Å². The van der Waals surface area contributed by atoms with Crippen molar-refractivity contribution in [3.05, 3.63) is 224 Å². The second-order valence-electron chi connectivity index (χ2n) is 15.9. The molecule has 1 aliphatic carbocycles. The third-order valence-corrected chi connectivity index (χ3v) is 12.2. The first-order valence-electron chi connectivity index (χ1n) is 21.1. The van der Waals surface area contributed by atoms with Gasteiger partial charge in [-0.25, -0.2) is 15.0 Å². The van der Waals surface area contributed by atoms with Gasteiger partial charge in [-0.05, 0) is 70.6 Å². The monoisotopic (exact) mass is 794 g/mol. The molecule has 1 aliphatic rings. The summed E-state index contributed by atoms with van der Waals surface area (Å²) in [6.45, 7) is 0. The Labute approximate surface area is 358 Å². The van der Waals surface area contributed by atoms with E-state index in [1.807, 2.05) is 30.3 Å². The van der Waals surface area contributed by atoms with E-state index in [2.05, 4.69) is 187 Å². The second kappa shape index (κ2) is 14.8. The summed E-state index contributed by atoms with van der Waals surface area (Å²) in [4.78, 5) is 15.5. The van der Waals surface area contributed by atoms with Crippen LogP contribution in [0.2, 0.25) is 0 Å². The first-order chi connectivity index (χ1) is 30.7. The molecule has 0 bridgehead atoms. The molecular weight excluding hydrogens is 757 g/mol. The third kappa shape index (κ3) is 6.22. The van der Waals surface area contributed by atoms with Crippen LogP contribution >= 0.6 is 0 Å². The Balaban J connectivity index is 1.03. The van der Waals surface area contributed by atoms with Gasteiger partial charge < -0.3 is 8.98 Å². The summed E-state index contributed by atoms with van der Waals surface area (Å²) in [5.41, 5.74) is 13.7. The fourth-order valence-electron chi connectivity index (χ4n) is 9.16. The van der Waals surface area contributed by atoms with Gasteiger partial charge in [0.1, 0.15) is 11.2 Å². The summed E-state index contributed by atoms with van der Waals surface area (Å²) in [6, 6.07) is 68.3. The average molecular weight is 795 g/mol. The van der Waals surface area contributed by atoms with Crippen LogP contribution in [0.5, 0.6) is 0 Å². The van der Waals surface area contributed by atoms with Crippen LogP contribution in [0.15, 0.2) is 217 Å². The van der Waals surface area contributed by atoms with E-state index in [0.29, 0.717) is 17.5 Å². The summed E-state index contributed by atoms with van der Waals surface area (Å²) < 4.78 is 9.14. The Morgan fingerprint density at radius 2 is 1.10 bits per heavy atom. The Bertz CT molecular complexity index is 3530. The fraction of sp³-hybridized carbons (Fsp3) is 0.0351. The summed E-state index contributed by atoms with van der Waals surface area (Å²) in [6.07, 6.45) is 7.58. The van der Waals surface area contributed by atoms with Gasteiger partial charge in [0.25, 0.3) is 0 Å². The molecule has 5 nitrogen and oxygen atoms in total. The van der Waals surface area contributed by atoms with Crippen molar-refractivity contribution < 1.29 is 4.42 Å². The molecule has 62 heavy (non-hydrogen) atoms.